The molecule has 0 saturated heterocycles. The summed E-state index contributed by atoms with van der Waals surface area (Å²) in [7, 11) is 1.91. The van der Waals surface area contributed by atoms with Crippen LogP contribution in [0.5, 0.6) is 5.75 Å². The molecule has 0 aliphatic rings. The van der Waals surface area contributed by atoms with Crippen LogP contribution >= 0.6 is 27.5 Å². The Bertz CT molecular complexity index is 376. The van der Waals surface area contributed by atoms with E-state index >= 15 is 0 Å². The Morgan fingerprint density at radius 2 is 2.24 bits per heavy atom. The summed E-state index contributed by atoms with van der Waals surface area (Å²) < 4.78 is 19.6. The maximum Gasteiger partial charge on any atom is 0.145 e. The van der Waals surface area contributed by atoms with Crippen molar-refractivity contribution >= 4 is 27.5 Å². The van der Waals surface area contributed by atoms with Gasteiger partial charge in [-0.25, -0.2) is 4.39 Å². The fourth-order valence-electron chi connectivity index (χ4n) is 1.44. The molecule has 1 N–H and O–H groups in total. The smallest absolute Gasteiger partial charge is 0.145 e. The molecule has 0 radical (unpaired) electrons. The minimum Gasteiger partial charge on any atom is -0.489 e. The quantitative estimate of drug-likeness (QED) is 0.630. The summed E-state index contributed by atoms with van der Waals surface area (Å²) in [4.78, 5) is 0. The fraction of sp³-hybridized carbons (Fsp3) is 0.500. The summed E-state index contributed by atoms with van der Waals surface area (Å²) in [6.07, 6.45) is 1.98. The van der Waals surface area contributed by atoms with Crippen LogP contribution in [0.4, 0.5) is 4.39 Å². The number of halogens is 3. The average molecular weight is 325 g/mol. The van der Waals surface area contributed by atoms with Crippen molar-refractivity contribution < 1.29 is 9.13 Å². The van der Waals surface area contributed by atoms with Crippen molar-refractivity contribution in [1.82, 2.24) is 5.32 Å². The molecular weight excluding hydrogens is 308 g/mol. The lowest BCUT2D eigenvalue weighted by Gasteiger charge is -2.16. The number of rotatable bonds is 6. The van der Waals surface area contributed by atoms with Crippen LogP contribution in [0.3, 0.4) is 0 Å². The predicted molar refractivity (Wildman–Crippen MR) is 72.4 cm³/mol. The highest BCUT2D eigenvalue weighted by molar-refractivity contribution is 9.10. The minimum absolute atomic E-state index is 0.0419. The Balaban J connectivity index is 2.58. The Labute approximate surface area is 115 Å². The lowest BCUT2D eigenvalue weighted by atomic mass is 10.2. The topological polar surface area (TPSA) is 21.3 Å². The Kier molecular flexibility index (Phi) is 6.23. The molecule has 1 atom stereocenters. The summed E-state index contributed by atoms with van der Waals surface area (Å²) in [5, 5.41) is 3.16. The van der Waals surface area contributed by atoms with Gasteiger partial charge in [0, 0.05) is 6.07 Å². The van der Waals surface area contributed by atoms with Crippen LogP contribution in [0.15, 0.2) is 16.6 Å². The summed E-state index contributed by atoms with van der Waals surface area (Å²) in [6.45, 7) is 2.92. The number of nitrogens with one attached hydrogen (secondary N) is 1. The maximum atomic E-state index is 13.3. The Morgan fingerprint density at radius 3 is 2.88 bits per heavy atom. The van der Waals surface area contributed by atoms with Crippen LogP contribution in [0.2, 0.25) is 5.02 Å². The first kappa shape index (κ1) is 14.7. The first-order valence-corrected chi connectivity index (χ1v) is 6.67. The molecule has 1 unspecified atom stereocenters. The second kappa shape index (κ2) is 7.19. The molecule has 0 fully saturated rings. The van der Waals surface area contributed by atoms with Gasteiger partial charge < -0.3 is 10.1 Å². The van der Waals surface area contributed by atoms with Gasteiger partial charge in [-0.2, -0.15) is 0 Å². The second-order valence-electron chi connectivity index (χ2n) is 3.87. The zero-order valence-electron chi connectivity index (χ0n) is 9.90. The van der Waals surface area contributed by atoms with Crippen LogP contribution < -0.4 is 10.1 Å². The van der Waals surface area contributed by atoms with Crippen LogP contribution in [-0.4, -0.2) is 19.7 Å². The molecule has 0 aliphatic carbocycles. The molecule has 2 nitrogen and oxygen atoms in total. The van der Waals surface area contributed by atoms with E-state index in [-0.39, 0.29) is 11.1 Å². The van der Waals surface area contributed by atoms with Gasteiger partial charge in [0.05, 0.1) is 15.6 Å². The van der Waals surface area contributed by atoms with Crippen molar-refractivity contribution in [2.75, 3.05) is 13.6 Å². The van der Waals surface area contributed by atoms with E-state index in [9.17, 15) is 4.39 Å². The van der Waals surface area contributed by atoms with Gasteiger partial charge in [0.25, 0.3) is 0 Å². The summed E-state index contributed by atoms with van der Waals surface area (Å²) in [6, 6.07) is 2.81. The van der Waals surface area contributed by atoms with Crippen LogP contribution in [0.1, 0.15) is 19.8 Å². The molecule has 0 bridgehead atoms. The van der Waals surface area contributed by atoms with Crippen molar-refractivity contribution in [2.45, 2.75) is 25.9 Å². The zero-order chi connectivity index (χ0) is 12.8. The molecule has 96 valence electrons. The van der Waals surface area contributed by atoms with Crippen LogP contribution in [0.25, 0.3) is 0 Å². The molecule has 0 aliphatic heterocycles. The molecule has 0 saturated carbocycles. The third kappa shape index (κ3) is 4.82. The van der Waals surface area contributed by atoms with Gasteiger partial charge in [0.2, 0.25) is 0 Å². The van der Waals surface area contributed by atoms with Crippen LogP contribution in [0, 0.1) is 5.82 Å². The van der Waals surface area contributed by atoms with Gasteiger partial charge in [0.15, 0.2) is 0 Å². The largest absolute Gasteiger partial charge is 0.489 e. The van der Waals surface area contributed by atoms with E-state index < -0.39 is 5.82 Å². The molecule has 0 amide bonds. The van der Waals surface area contributed by atoms with Gasteiger partial charge in [-0.1, -0.05) is 11.6 Å². The lowest BCUT2D eigenvalue weighted by molar-refractivity contribution is 0.205. The van der Waals surface area contributed by atoms with E-state index in [0.29, 0.717) is 10.2 Å². The van der Waals surface area contributed by atoms with Crippen molar-refractivity contribution in [2.24, 2.45) is 0 Å². The second-order valence-corrected chi connectivity index (χ2v) is 5.13. The molecular formula is C12H16BrClFNO. The molecule has 1 rings (SSSR count). The number of benzene rings is 1. The highest BCUT2D eigenvalue weighted by Crippen LogP contribution is 2.31. The monoisotopic (exact) mass is 323 g/mol. The van der Waals surface area contributed by atoms with Crippen molar-refractivity contribution in [1.29, 1.82) is 0 Å². The summed E-state index contributed by atoms with van der Waals surface area (Å²) in [5.74, 6) is 0.0242. The highest BCUT2D eigenvalue weighted by Gasteiger charge is 2.11. The molecule has 0 spiro atoms. The van der Waals surface area contributed by atoms with Crippen molar-refractivity contribution in [3.8, 4) is 5.75 Å². The molecule has 0 heterocycles. The number of hydrogen-bond donors (Lipinski definition) is 1. The van der Waals surface area contributed by atoms with Gasteiger partial charge in [-0.05, 0) is 55.4 Å². The molecule has 17 heavy (non-hydrogen) atoms. The fourth-order valence-corrected chi connectivity index (χ4v) is 2.17. The standard InChI is InChI=1S/C12H16BrClFNO/c1-8(4-3-5-16-2)17-12-7-11(15)10(14)6-9(12)13/h6-8,16H,3-5H2,1-2H3. The van der Waals surface area contributed by atoms with Gasteiger partial charge in [-0.15, -0.1) is 0 Å². The molecule has 5 heteroatoms. The summed E-state index contributed by atoms with van der Waals surface area (Å²) in [5.41, 5.74) is 0. The van der Waals surface area contributed by atoms with Crippen LogP contribution in [-0.2, 0) is 0 Å². The first-order chi connectivity index (χ1) is 8.04. The third-order valence-corrected chi connectivity index (χ3v) is 3.25. The van der Waals surface area contributed by atoms with Crippen molar-refractivity contribution in [3.63, 3.8) is 0 Å². The number of ether oxygens (including phenoxy) is 1. The molecule has 1 aromatic rings. The zero-order valence-corrected chi connectivity index (χ0v) is 12.2. The Hall–Kier alpha value is -0.320. The van der Waals surface area contributed by atoms with E-state index in [1.165, 1.54) is 12.1 Å². The lowest BCUT2D eigenvalue weighted by Crippen LogP contribution is -2.16. The highest BCUT2D eigenvalue weighted by atomic mass is 79.9. The third-order valence-electron chi connectivity index (χ3n) is 2.34. The van der Waals surface area contributed by atoms with Gasteiger partial charge in [-0.3, -0.25) is 0 Å². The number of hydrogen-bond acceptors (Lipinski definition) is 2. The van der Waals surface area contributed by atoms with E-state index in [2.05, 4.69) is 21.2 Å². The maximum absolute atomic E-state index is 13.3. The van der Waals surface area contributed by atoms with E-state index in [1.54, 1.807) is 0 Å². The van der Waals surface area contributed by atoms with Crippen molar-refractivity contribution in [3.05, 3.63) is 27.4 Å². The van der Waals surface area contributed by atoms with Gasteiger partial charge >= 0.3 is 0 Å². The minimum atomic E-state index is -0.465. The first-order valence-electron chi connectivity index (χ1n) is 5.50. The average Bonchev–Trinajstić information content (AvgIpc) is 2.26. The normalized spacial score (nSPS) is 12.5. The van der Waals surface area contributed by atoms with E-state index in [1.807, 2.05) is 14.0 Å². The summed E-state index contributed by atoms with van der Waals surface area (Å²) >= 11 is 8.96. The van der Waals surface area contributed by atoms with Gasteiger partial charge in [0.1, 0.15) is 11.6 Å². The van der Waals surface area contributed by atoms with E-state index in [0.717, 1.165) is 19.4 Å². The molecule has 0 aromatic heterocycles. The Morgan fingerprint density at radius 1 is 1.53 bits per heavy atom. The predicted octanol–water partition coefficient (Wildman–Crippen LogP) is 4.01. The molecule has 1 aromatic carbocycles. The van der Waals surface area contributed by atoms with E-state index in [4.69, 9.17) is 16.3 Å². The SMILES string of the molecule is CNCCCC(C)Oc1cc(F)c(Cl)cc1Br.